The highest BCUT2D eigenvalue weighted by Gasteiger charge is 2.29. The number of carbonyl (C=O) groups excluding carboxylic acids is 2. The first-order valence-corrected chi connectivity index (χ1v) is 11.2. The number of nitrogens with zero attached hydrogens (tertiary/aromatic N) is 1. The third-order valence-electron chi connectivity index (χ3n) is 5.61. The molecule has 2 aromatic carbocycles. The number of nitrogens with one attached hydrogen (secondary N) is 2. The van der Waals surface area contributed by atoms with Crippen LogP contribution in [0.1, 0.15) is 27.6 Å². The van der Waals surface area contributed by atoms with Gasteiger partial charge in [-0.1, -0.05) is 48.5 Å². The summed E-state index contributed by atoms with van der Waals surface area (Å²) in [6.45, 7) is 6.64. The summed E-state index contributed by atoms with van der Waals surface area (Å²) < 4.78 is 0. The summed E-state index contributed by atoms with van der Waals surface area (Å²) in [5.41, 5.74) is 3.02. The molecular weight excluding hydrogens is 394 g/mol. The Morgan fingerprint density at radius 3 is 2.27 bits per heavy atom. The van der Waals surface area contributed by atoms with Crippen molar-refractivity contribution in [2.45, 2.75) is 6.92 Å². The molecule has 2 amide bonds. The molecule has 0 bridgehead atoms. The van der Waals surface area contributed by atoms with Crippen molar-refractivity contribution in [2.75, 3.05) is 38.0 Å². The van der Waals surface area contributed by atoms with Gasteiger partial charge in [-0.15, -0.1) is 11.3 Å². The van der Waals surface area contributed by atoms with Gasteiger partial charge in [0.25, 0.3) is 11.8 Å². The molecular formula is C24H26N3O2S+. The summed E-state index contributed by atoms with van der Waals surface area (Å²) in [5.74, 6) is -0.208. The molecule has 4 rings (SSSR count). The summed E-state index contributed by atoms with van der Waals surface area (Å²) in [5, 5.41) is 5.56. The number of thiophene rings is 1. The lowest BCUT2D eigenvalue weighted by Crippen LogP contribution is -3.14. The van der Waals surface area contributed by atoms with Crippen LogP contribution in [0.5, 0.6) is 0 Å². The molecule has 1 aliphatic heterocycles. The Morgan fingerprint density at radius 2 is 1.63 bits per heavy atom. The van der Waals surface area contributed by atoms with Crippen LogP contribution in [0.2, 0.25) is 0 Å². The molecule has 30 heavy (non-hydrogen) atoms. The number of carbonyl (C=O) groups is 2. The van der Waals surface area contributed by atoms with Gasteiger partial charge in [0.1, 0.15) is 5.00 Å². The van der Waals surface area contributed by atoms with Crippen LogP contribution in [-0.2, 0) is 0 Å². The Labute approximate surface area is 180 Å². The number of piperazine rings is 1. The Hall–Kier alpha value is -2.96. The van der Waals surface area contributed by atoms with Gasteiger partial charge in [0.15, 0.2) is 0 Å². The second kappa shape index (κ2) is 9.24. The number of likely N-dealkylation sites (N-methyl/N-ethyl adjacent to an activating group) is 1. The Balaban J connectivity index is 1.66. The van der Waals surface area contributed by atoms with Crippen molar-refractivity contribution < 1.29 is 14.5 Å². The van der Waals surface area contributed by atoms with Crippen molar-refractivity contribution in [2.24, 2.45) is 0 Å². The minimum absolute atomic E-state index is 0.00591. The van der Waals surface area contributed by atoms with Crippen LogP contribution in [0, 0.1) is 0 Å². The van der Waals surface area contributed by atoms with Gasteiger partial charge in [-0.2, -0.15) is 0 Å². The second-order valence-electron chi connectivity index (χ2n) is 7.44. The molecule has 3 aromatic rings. The normalized spacial score (nSPS) is 14.5. The molecule has 0 radical (unpaired) electrons. The molecule has 0 unspecified atom stereocenters. The zero-order valence-electron chi connectivity index (χ0n) is 17.1. The van der Waals surface area contributed by atoms with Gasteiger partial charge >= 0.3 is 0 Å². The van der Waals surface area contributed by atoms with E-state index in [4.69, 9.17) is 0 Å². The number of hydrogen-bond donors (Lipinski definition) is 2. The van der Waals surface area contributed by atoms with Crippen molar-refractivity contribution in [1.82, 2.24) is 4.90 Å². The minimum atomic E-state index is -0.202. The van der Waals surface area contributed by atoms with Gasteiger partial charge in [0, 0.05) is 16.5 Å². The average Bonchev–Trinajstić information content (AvgIpc) is 3.23. The first-order valence-electron chi connectivity index (χ1n) is 10.3. The van der Waals surface area contributed by atoms with E-state index >= 15 is 0 Å². The van der Waals surface area contributed by atoms with Gasteiger partial charge in [-0.05, 0) is 24.6 Å². The molecule has 1 fully saturated rings. The average molecular weight is 421 g/mol. The third kappa shape index (κ3) is 4.30. The van der Waals surface area contributed by atoms with E-state index in [1.54, 1.807) is 12.1 Å². The monoisotopic (exact) mass is 420 g/mol. The van der Waals surface area contributed by atoms with Gasteiger partial charge in [-0.3, -0.25) is 9.59 Å². The Morgan fingerprint density at radius 1 is 1.00 bits per heavy atom. The number of benzene rings is 2. The summed E-state index contributed by atoms with van der Waals surface area (Å²) in [7, 11) is 0. The standard InChI is InChI=1S/C24H25N3O2S/c1-2-26-13-15-27(16-14-26)24(29)21-20(18-9-5-3-6-10-18)17-30-23(21)25-22(28)19-11-7-4-8-12-19/h3-12,17H,2,13-16H2,1H3,(H,25,28)/p+1. The van der Waals surface area contributed by atoms with E-state index in [2.05, 4.69) is 12.2 Å². The summed E-state index contributed by atoms with van der Waals surface area (Å²) in [4.78, 5) is 29.8. The number of anilines is 1. The minimum Gasteiger partial charge on any atom is -0.332 e. The van der Waals surface area contributed by atoms with Crippen LogP contribution in [0.4, 0.5) is 5.00 Å². The van der Waals surface area contributed by atoms with Crippen molar-refractivity contribution >= 4 is 28.2 Å². The first-order chi connectivity index (χ1) is 14.7. The molecule has 0 atom stereocenters. The lowest BCUT2D eigenvalue weighted by Gasteiger charge is -2.32. The fourth-order valence-electron chi connectivity index (χ4n) is 3.79. The topological polar surface area (TPSA) is 53.9 Å². The molecule has 2 heterocycles. The molecule has 0 saturated carbocycles. The van der Waals surface area contributed by atoms with E-state index in [0.29, 0.717) is 16.1 Å². The molecule has 5 nitrogen and oxygen atoms in total. The zero-order valence-corrected chi connectivity index (χ0v) is 17.9. The quantitative estimate of drug-likeness (QED) is 0.667. The molecule has 1 saturated heterocycles. The van der Waals surface area contributed by atoms with E-state index in [9.17, 15) is 9.59 Å². The predicted molar refractivity (Wildman–Crippen MR) is 121 cm³/mol. The van der Waals surface area contributed by atoms with Gasteiger partial charge in [0.05, 0.1) is 38.3 Å². The van der Waals surface area contributed by atoms with Crippen molar-refractivity contribution in [3.8, 4) is 11.1 Å². The van der Waals surface area contributed by atoms with E-state index in [-0.39, 0.29) is 11.8 Å². The van der Waals surface area contributed by atoms with E-state index in [1.165, 1.54) is 16.2 Å². The second-order valence-corrected chi connectivity index (χ2v) is 8.32. The maximum atomic E-state index is 13.6. The molecule has 2 N–H and O–H groups in total. The van der Waals surface area contributed by atoms with Crippen LogP contribution >= 0.6 is 11.3 Å². The SMILES string of the molecule is CC[NH+]1CCN(C(=O)c2c(-c3ccccc3)csc2NC(=O)c2ccccc2)CC1. The number of quaternary nitrogens is 1. The van der Waals surface area contributed by atoms with Crippen LogP contribution in [0.3, 0.4) is 0 Å². The fraction of sp³-hybridized carbons (Fsp3) is 0.250. The molecule has 1 aromatic heterocycles. The zero-order chi connectivity index (χ0) is 20.9. The van der Waals surface area contributed by atoms with E-state index < -0.39 is 0 Å². The lowest BCUT2D eigenvalue weighted by atomic mass is 10.0. The summed E-state index contributed by atoms with van der Waals surface area (Å²) >= 11 is 1.41. The van der Waals surface area contributed by atoms with Crippen molar-refractivity contribution in [3.05, 3.63) is 77.2 Å². The molecule has 0 spiro atoms. The molecule has 1 aliphatic rings. The summed E-state index contributed by atoms with van der Waals surface area (Å²) in [6, 6.07) is 19.0. The van der Waals surface area contributed by atoms with Crippen LogP contribution in [-0.4, -0.2) is 49.4 Å². The van der Waals surface area contributed by atoms with Gasteiger partial charge < -0.3 is 15.1 Å². The highest BCUT2D eigenvalue weighted by Crippen LogP contribution is 2.36. The maximum absolute atomic E-state index is 13.6. The maximum Gasteiger partial charge on any atom is 0.257 e. The smallest absolute Gasteiger partial charge is 0.257 e. The van der Waals surface area contributed by atoms with Crippen LogP contribution in [0.15, 0.2) is 66.0 Å². The van der Waals surface area contributed by atoms with Crippen LogP contribution < -0.4 is 10.2 Å². The number of amides is 2. The highest BCUT2D eigenvalue weighted by atomic mass is 32.1. The van der Waals surface area contributed by atoms with Crippen molar-refractivity contribution in [1.29, 1.82) is 0 Å². The van der Waals surface area contributed by atoms with Gasteiger partial charge in [-0.25, -0.2) is 0 Å². The number of rotatable bonds is 5. The van der Waals surface area contributed by atoms with E-state index in [1.807, 2.05) is 58.8 Å². The van der Waals surface area contributed by atoms with Crippen molar-refractivity contribution in [3.63, 3.8) is 0 Å². The molecule has 6 heteroatoms. The number of hydrogen-bond acceptors (Lipinski definition) is 3. The molecule has 0 aliphatic carbocycles. The Kier molecular flexibility index (Phi) is 6.26. The highest BCUT2D eigenvalue weighted by molar-refractivity contribution is 7.15. The predicted octanol–water partition coefficient (Wildman–Crippen LogP) is 3.03. The van der Waals surface area contributed by atoms with Crippen LogP contribution in [0.25, 0.3) is 11.1 Å². The largest absolute Gasteiger partial charge is 0.332 e. The first kappa shape index (κ1) is 20.3. The summed E-state index contributed by atoms with van der Waals surface area (Å²) in [6.07, 6.45) is 0. The third-order valence-corrected chi connectivity index (χ3v) is 6.51. The Bertz CT molecular complexity index is 1010. The van der Waals surface area contributed by atoms with E-state index in [0.717, 1.165) is 43.9 Å². The lowest BCUT2D eigenvalue weighted by molar-refractivity contribution is -0.902. The fourth-order valence-corrected chi connectivity index (χ4v) is 4.75. The van der Waals surface area contributed by atoms with Gasteiger partial charge in [0.2, 0.25) is 0 Å². The molecule has 154 valence electrons.